The third-order valence-electron chi connectivity index (χ3n) is 4.12. The van der Waals surface area contributed by atoms with Crippen molar-refractivity contribution in [2.45, 2.75) is 6.10 Å². The summed E-state index contributed by atoms with van der Waals surface area (Å²) in [6.45, 7) is 1.13. The summed E-state index contributed by atoms with van der Waals surface area (Å²) in [5, 5.41) is 9.04. The molecule has 2 aliphatic rings. The van der Waals surface area contributed by atoms with Gasteiger partial charge in [0.15, 0.2) is 0 Å². The minimum absolute atomic E-state index is 0.0614. The quantitative estimate of drug-likeness (QED) is 0.873. The van der Waals surface area contributed by atoms with Crippen LogP contribution < -0.4 is 9.80 Å². The molecule has 0 spiro atoms. The van der Waals surface area contributed by atoms with Gasteiger partial charge in [-0.2, -0.15) is 0 Å². The number of aliphatic hydroxyl groups is 1. The van der Waals surface area contributed by atoms with E-state index in [1.807, 2.05) is 0 Å². The van der Waals surface area contributed by atoms with Crippen molar-refractivity contribution >= 4 is 23.4 Å². The third-order valence-corrected chi connectivity index (χ3v) is 4.12. The summed E-state index contributed by atoms with van der Waals surface area (Å²) in [6.07, 6.45) is -1.20. The lowest BCUT2D eigenvalue weighted by atomic mass is 10.2. The second-order valence-corrected chi connectivity index (χ2v) is 5.67. The number of nitrogens with zero attached hydrogens (tertiary/aromatic N) is 3. The highest BCUT2D eigenvalue weighted by atomic mass is 19.1. The van der Waals surface area contributed by atoms with Gasteiger partial charge >= 0.3 is 6.09 Å². The second kappa shape index (κ2) is 6.04. The second-order valence-electron chi connectivity index (χ2n) is 5.67. The van der Waals surface area contributed by atoms with Gasteiger partial charge in [-0.1, -0.05) is 0 Å². The largest absolute Gasteiger partial charge is 0.441 e. The van der Waals surface area contributed by atoms with E-state index in [0.29, 0.717) is 24.5 Å². The van der Waals surface area contributed by atoms with Crippen LogP contribution in [0.25, 0.3) is 0 Å². The number of benzene rings is 1. The Morgan fingerprint density at radius 3 is 2.74 bits per heavy atom. The van der Waals surface area contributed by atoms with Crippen LogP contribution in [0.3, 0.4) is 0 Å². The molecule has 2 heterocycles. The molecule has 0 aromatic heterocycles. The Bertz CT molecular complexity index is 639. The summed E-state index contributed by atoms with van der Waals surface area (Å²) in [4.78, 5) is 28.0. The van der Waals surface area contributed by atoms with Crippen LogP contribution in [-0.2, 0) is 9.53 Å². The van der Waals surface area contributed by atoms with Crippen molar-refractivity contribution in [2.24, 2.45) is 0 Å². The van der Waals surface area contributed by atoms with Gasteiger partial charge in [-0.15, -0.1) is 0 Å². The summed E-state index contributed by atoms with van der Waals surface area (Å²) in [5.74, 6) is -0.561. The molecular formula is C15H18FN3O4. The number of hydrogen-bond donors (Lipinski definition) is 1. The number of carbonyl (C=O) groups is 2. The van der Waals surface area contributed by atoms with Gasteiger partial charge in [-0.3, -0.25) is 9.69 Å². The number of likely N-dealkylation sites (N-methyl/N-ethyl adjacent to an activating group) is 1. The average Bonchev–Trinajstić information content (AvgIpc) is 2.91. The standard InChI is InChI=1S/C15H18FN3O4/c1-17-4-5-18(8-14(17)21)13-3-2-10(6-12(13)16)19-7-11(9-20)23-15(19)22/h2-3,6,11,20H,4-5,7-9H2,1H3/t11-/m1/s1. The monoisotopic (exact) mass is 323 g/mol. The lowest BCUT2D eigenvalue weighted by Crippen LogP contribution is -2.48. The Labute approximate surface area is 132 Å². The van der Waals surface area contributed by atoms with Crippen molar-refractivity contribution in [3.63, 3.8) is 0 Å². The predicted octanol–water partition coefficient (Wildman–Crippen LogP) is 0.422. The summed E-state index contributed by atoms with van der Waals surface area (Å²) < 4.78 is 19.4. The maximum atomic E-state index is 14.4. The lowest BCUT2D eigenvalue weighted by Gasteiger charge is -2.33. The Morgan fingerprint density at radius 2 is 2.13 bits per heavy atom. The minimum atomic E-state index is -0.606. The molecule has 23 heavy (non-hydrogen) atoms. The molecule has 1 aromatic rings. The normalized spacial score (nSPS) is 21.9. The molecule has 1 atom stereocenters. The van der Waals surface area contributed by atoms with E-state index >= 15 is 0 Å². The molecule has 0 unspecified atom stereocenters. The van der Waals surface area contributed by atoms with Crippen molar-refractivity contribution < 1.29 is 23.8 Å². The zero-order chi connectivity index (χ0) is 16.6. The van der Waals surface area contributed by atoms with Gasteiger partial charge < -0.3 is 19.6 Å². The molecule has 2 fully saturated rings. The van der Waals surface area contributed by atoms with Crippen molar-refractivity contribution in [3.05, 3.63) is 24.0 Å². The van der Waals surface area contributed by atoms with E-state index in [1.54, 1.807) is 29.0 Å². The summed E-state index contributed by atoms with van der Waals surface area (Å²) in [6, 6.07) is 4.42. The molecule has 1 aromatic carbocycles. The number of halogens is 1. The van der Waals surface area contributed by atoms with Crippen LogP contribution >= 0.6 is 0 Å². The van der Waals surface area contributed by atoms with E-state index < -0.39 is 18.0 Å². The van der Waals surface area contributed by atoms with E-state index in [4.69, 9.17) is 9.84 Å². The van der Waals surface area contributed by atoms with Crippen LogP contribution in [0.4, 0.5) is 20.6 Å². The molecule has 3 rings (SSSR count). The Morgan fingerprint density at radius 1 is 1.35 bits per heavy atom. The van der Waals surface area contributed by atoms with Crippen molar-refractivity contribution in [1.29, 1.82) is 0 Å². The minimum Gasteiger partial charge on any atom is -0.441 e. The molecule has 0 bridgehead atoms. The van der Waals surface area contributed by atoms with Crippen LogP contribution in [0.5, 0.6) is 0 Å². The number of rotatable bonds is 3. The average molecular weight is 323 g/mol. The number of ether oxygens (including phenoxy) is 1. The number of cyclic esters (lactones) is 1. The zero-order valence-corrected chi connectivity index (χ0v) is 12.7. The van der Waals surface area contributed by atoms with Crippen LogP contribution in [-0.4, -0.2) is 67.9 Å². The third kappa shape index (κ3) is 2.94. The van der Waals surface area contributed by atoms with Crippen molar-refractivity contribution in [2.75, 3.05) is 49.6 Å². The van der Waals surface area contributed by atoms with Crippen molar-refractivity contribution in [1.82, 2.24) is 4.90 Å². The molecule has 0 aliphatic carbocycles. The number of anilines is 2. The molecule has 2 aliphatic heterocycles. The lowest BCUT2D eigenvalue weighted by molar-refractivity contribution is -0.129. The molecule has 0 saturated carbocycles. The fourth-order valence-corrected chi connectivity index (χ4v) is 2.71. The topological polar surface area (TPSA) is 73.3 Å². The van der Waals surface area contributed by atoms with Gasteiger partial charge in [-0.25, -0.2) is 9.18 Å². The fourth-order valence-electron chi connectivity index (χ4n) is 2.71. The number of aliphatic hydroxyl groups excluding tert-OH is 1. The molecule has 8 heteroatoms. The number of piperazine rings is 1. The summed E-state index contributed by atoms with van der Waals surface area (Å²) >= 11 is 0. The highest BCUT2D eigenvalue weighted by Crippen LogP contribution is 2.28. The maximum Gasteiger partial charge on any atom is 0.414 e. The first-order chi connectivity index (χ1) is 11.0. The van der Waals surface area contributed by atoms with Gasteiger partial charge in [-0.05, 0) is 18.2 Å². The number of carbonyl (C=O) groups excluding carboxylic acids is 2. The van der Waals surface area contributed by atoms with Gasteiger partial charge in [0.05, 0.1) is 31.1 Å². The van der Waals surface area contributed by atoms with Crippen LogP contribution in [0, 0.1) is 5.82 Å². The Balaban J connectivity index is 1.79. The predicted molar refractivity (Wildman–Crippen MR) is 81.0 cm³/mol. The SMILES string of the molecule is CN1CCN(c2ccc(N3C[C@H](CO)OC3=O)cc2F)CC1=O. The first-order valence-corrected chi connectivity index (χ1v) is 7.37. The number of hydrogen-bond acceptors (Lipinski definition) is 5. The molecule has 0 radical (unpaired) electrons. The fraction of sp³-hybridized carbons (Fsp3) is 0.467. The van der Waals surface area contributed by atoms with Gasteiger partial charge in [0.1, 0.15) is 11.9 Å². The van der Waals surface area contributed by atoms with Gasteiger partial charge in [0.2, 0.25) is 5.91 Å². The highest BCUT2D eigenvalue weighted by molar-refractivity contribution is 5.90. The van der Waals surface area contributed by atoms with E-state index in [1.165, 1.54) is 11.0 Å². The van der Waals surface area contributed by atoms with Crippen LogP contribution in [0.1, 0.15) is 0 Å². The molecule has 2 saturated heterocycles. The van der Waals surface area contributed by atoms with Gasteiger partial charge in [0, 0.05) is 20.1 Å². The Kier molecular flexibility index (Phi) is 4.08. The molecule has 7 nitrogen and oxygen atoms in total. The van der Waals surface area contributed by atoms with E-state index in [0.717, 1.165) is 0 Å². The van der Waals surface area contributed by atoms with Crippen LogP contribution in [0.15, 0.2) is 18.2 Å². The molecule has 2 amide bonds. The van der Waals surface area contributed by atoms with Crippen molar-refractivity contribution in [3.8, 4) is 0 Å². The van der Waals surface area contributed by atoms with E-state index in [9.17, 15) is 14.0 Å². The van der Waals surface area contributed by atoms with Gasteiger partial charge in [0.25, 0.3) is 0 Å². The summed E-state index contributed by atoms with van der Waals surface area (Å²) in [7, 11) is 1.72. The van der Waals surface area contributed by atoms with E-state index in [2.05, 4.69) is 0 Å². The number of amides is 2. The zero-order valence-electron chi connectivity index (χ0n) is 12.7. The molecular weight excluding hydrogens is 305 g/mol. The van der Waals surface area contributed by atoms with Crippen LogP contribution in [0.2, 0.25) is 0 Å². The first kappa shape index (κ1) is 15.5. The maximum absolute atomic E-state index is 14.4. The molecule has 124 valence electrons. The smallest absolute Gasteiger partial charge is 0.414 e. The highest BCUT2D eigenvalue weighted by Gasteiger charge is 2.32. The first-order valence-electron chi connectivity index (χ1n) is 7.37. The Hall–Kier alpha value is -2.35. The van der Waals surface area contributed by atoms with E-state index in [-0.39, 0.29) is 25.6 Å². The summed E-state index contributed by atoms with van der Waals surface area (Å²) in [5.41, 5.74) is 0.703. The molecule has 1 N–H and O–H groups in total.